The van der Waals surface area contributed by atoms with E-state index in [2.05, 4.69) is 19.2 Å². The Hall–Kier alpha value is -0.0400. The maximum absolute atomic E-state index is 4.10. The van der Waals surface area contributed by atoms with Crippen LogP contribution in [0.3, 0.4) is 0 Å². The van der Waals surface area contributed by atoms with Gasteiger partial charge in [-0.25, -0.2) is 0 Å². The fourth-order valence-electron chi connectivity index (χ4n) is 3.28. The molecule has 0 aromatic rings. The van der Waals surface area contributed by atoms with Crippen molar-refractivity contribution in [1.29, 1.82) is 0 Å². The second-order valence-corrected chi connectivity index (χ2v) is 7.28. The minimum atomic E-state index is 0.864. The molecule has 0 aliphatic heterocycles. The summed E-state index contributed by atoms with van der Waals surface area (Å²) in [4.78, 5) is 0. The van der Waals surface area contributed by atoms with Crippen LogP contribution in [0.5, 0.6) is 0 Å². The van der Waals surface area contributed by atoms with E-state index in [4.69, 9.17) is 0 Å². The zero-order valence-electron chi connectivity index (χ0n) is 11.6. The molecule has 0 radical (unpaired) electrons. The van der Waals surface area contributed by atoms with E-state index in [1.54, 1.807) is 0 Å². The fraction of sp³-hybridized carbons (Fsp3) is 1.00. The molecule has 1 heteroatoms. The average Bonchev–Trinajstić information content (AvgIpc) is 3.15. The Kier molecular flexibility index (Phi) is 3.47. The van der Waals surface area contributed by atoms with E-state index < -0.39 is 0 Å². The molecule has 3 rings (SSSR count). The Morgan fingerprint density at radius 1 is 0.824 bits per heavy atom. The van der Waals surface area contributed by atoms with Crippen molar-refractivity contribution in [2.75, 3.05) is 0 Å². The van der Waals surface area contributed by atoms with Crippen molar-refractivity contribution in [3.63, 3.8) is 0 Å². The highest BCUT2D eigenvalue weighted by molar-refractivity contribution is 4.99. The summed E-state index contributed by atoms with van der Waals surface area (Å²) in [6.07, 6.45) is 11.9. The van der Waals surface area contributed by atoms with Crippen LogP contribution < -0.4 is 5.32 Å². The van der Waals surface area contributed by atoms with E-state index in [9.17, 15) is 0 Å². The highest BCUT2D eigenvalue weighted by atomic mass is 15.0. The van der Waals surface area contributed by atoms with Crippen molar-refractivity contribution in [3.05, 3.63) is 0 Å². The van der Waals surface area contributed by atoms with Crippen LogP contribution in [0, 0.1) is 23.7 Å². The Morgan fingerprint density at radius 2 is 1.35 bits per heavy atom. The molecule has 1 atom stereocenters. The van der Waals surface area contributed by atoms with E-state index in [0.717, 1.165) is 35.8 Å². The van der Waals surface area contributed by atoms with Crippen molar-refractivity contribution in [2.45, 2.75) is 77.3 Å². The van der Waals surface area contributed by atoms with Gasteiger partial charge in [-0.15, -0.1) is 0 Å². The first-order valence-electron chi connectivity index (χ1n) is 8.00. The first-order chi connectivity index (χ1) is 8.24. The largest absolute Gasteiger partial charge is 0.310 e. The number of hydrogen-bond acceptors (Lipinski definition) is 1. The van der Waals surface area contributed by atoms with Crippen LogP contribution in [0.25, 0.3) is 0 Å². The van der Waals surface area contributed by atoms with Gasteiger partial charge in [0.15, 0.2) is 0 Å². The summed E-state index contributed by atoms with van der Waals surface area (Å²) < 4.78 is 0. The van der Waals surface area contributed by atoms with E-state index in [0.29, 0.717) is 0 Å². The summed E-state index contributed by atoms with van der Waals surface area (Å²) in [6, 6.07) is 1.77. The van der Waals surface area contributed by atoms with Crippen LogP contribution in [0.2, 0.25) is 0 Å². The standard InChI is InChI=1S/C16H29N/c1-11(2)3-10-15(12-4-5-12)17-16(13-6-7-13)14-8-9-14/h11-17H,3-10H2,1-2H3. The van der Waals surface area contributed by atoms with Crippen molar-refractivity contribution < 1.29 is 0 Å². The molecule has 98 valence electrons. The third-order valence-corrected chi connectivity index (χ3v) is 4.91. The van der Waals surface area contributed by atoms with Crippen LogP contribution >= 0.6 is 0 Å². The van der Waals surface area contributed by atoms with E-state index in [1.165, 1.54) is 51.4 Å². The zero-order valence-corrected chi connectivity index (χ0v) is 11.6. The van der Waals surface area contributed by atoms with Gasteiger partial charge < -0.3 is 5.32 Å². The summed E-state index contributed by atoms with van der Waals surface area (Å²) in [7, 11) is 0. The number of hydrogen-bond donors (Lipinski definition) is 1. The molecule has 0 heterocycles. The highest BCUT2D eigenvalue weighted by Gasteiger charge is 2.43. The summed E-state index contributed by atoms with van der Waals surface area (Å²) >= 11 is 0. The monoisotopic (exact) mass is 235 g/mol. The Morgan fingerprint density at radius 3 is 1.76 bits per heavy atom. The SMILES string of the molecule is CC(C)CCC(NC(C1CC1)C1CC1)C1CC1. The van der Waals surface area contributed by atoms with Crippen molar-refractivity contribution in [1.82, 2.24) is 5.32 Å². The lowest BCUT2D eigenvalue weighted by Gasteiger charge is -2.26. The van der Waals surface area contributed by atoms with Gasteiger partial charge >= 0.3 is 0 Å². The molecule has 17 heavy (non-hydrogen) atoms. The average molecular weight is 235 g/mol. The quantitative estimate of drug-likeness (QED) is 0.671. The third-order valence-electron chi connectivity index (χ3n) is 4.91. The van der Waals surface area contributed by atoms with Crippen LogP contribution in [-0.4, -0.2) is 12.1 Å². The second-order valence-electron chi connectivity index (χ2n) is 7.28. The van der Waals surface area contributed by atoms with Gasteiger partial charge in [-0.1, -0.05) is 13.8 Å². The van der Waals surface area contributed by atoms with Crippen LogP contribution in [0.1, 0.15) is 65.2 Å². The topological polar surface area (TPSA) is 12.0 Å². The van der Waals surface area contributed by atoms with Crippen LogP contribution in [0.15, 0.2) is 0 Å². The van der Waals surface area contributed by atoms with Crippen molar-refractivity contribution >= 4 is 0 Å². The molecule has 0 amide bonds. The molecule has 1 N–H and O–H groups in total. The molecule has 3 aliphatic rings. The van der Waals surface area contributed by atoms with E-state index >= 15 is 0 Å². The van der Waals surface area contributed by atoms with Crippen molar-refractivity contribution in [3.8, 4) is 0 Å². The van der Waals surface area contributed by atoms with E-state index in [1.807, 2.05) is 0 Å². The minimum absolute atomic E-state index is 0.864. The van der Waals surface area contributed by atoms with Gasteiger partial charge in [-0.3, -0.25) is 0 Å². The number of nitrogens with one attached hydrogen (secondary N) is 1. The molecule has 0 aromatic heterocycles. The molecule has 3 fully saturated rings. The lowest BCUT2D eigenvalue weighted by molar-refractivity contribution is 0.312. The summed E-state index contributed by atoms with van der Waals surface area (Å²) in [6.45, 7) is 4.73. The Balaban J connectivity index is 1.51. The molecule has 1 nitrogen and oxygen atoms in total. The van der Waals surface area contributed by atoms with Gasteiger partial charge in [-0.2, -0.15) is 0 Å². The third kappa shape index (κ3) is 3.47. The van der Waals surface area contributed by atoms with Gasteiger partial charge in [0.2, 0.25) is 0 Å². The summed E-state index contributed by atoms with van der Waals surface area (Å²) in [5.41, 5.74) is 0. The van der Waals surface area contributed by atoms with Gasteiger partial charge in [0.05, 0.1) is 0 Å². The lowest BCUT2D eigenvalue weighted by Crippen LogP contribution is -2.42. The zero-order chi connectivity index (χ0) is 11.8. The first-order valence-corrected chi connectivity index (χ1v) is 8.00. The maximum atomic E-state index is 4.10. The van der Waals surface area contributed by atoms with Gasteiger partial charge in [0, 0.05) is 12.1 Å². The van der Waals surface area contributed by atoms with Crippen molar-refractivity contribution in [2.24, 2.45) is 23.7 Å². The molecule has 3 saturated carbocycles. The predicted octanol–water partition coefficient (Wildman–Crippen LogP) is 3.98. The first kappa shape index (κ1) is 12.0. The molecular formula is C16H29N. The molecule has 0 aromatic carbocycles. The highest BCUT2D eigenvalue weighted by Crippen LogP contribution is 2.46. The maximum Gasteiger partial charge on any atom is 0.0126 e. The Labute approximate surface area is 107 Å². The molecule has 0 saturated heterocycles. The van der Waals surface area contributed by atoms with Gasteiger partial charge in [0.25, 0.3) is 0 Å². The fourth-order valence-corrected chi connectivity index (χ4v) is 3.28. The molecular weight excluding hydrogens is 206 g/mol. The Bertz CT molecular complexity index is 236. The number of rotatable bonds is 8. The predicted molar refractivity (Wildman–Crippen MR) is 73.0 cm³/mol. The summed E-state index contributed by atoms with van der Waals surface area (Å²) in [5.74, 6) is 4.03. The van der Waals surface area contributed by atoms with Gasteiger partial charge in [0.1, 0.15) is 0 Å². The van der Waals surface area contributed by atoms with E-state index in [-0.39, 0.29) is 0 Å². The summed E-state index contributed by atoms with van der Waals surface area (Å²) in [5, 5.41) is 4.10. The lowest BCUT2D eigenvalue weighted by atomic mass is 9.97. The molecule has 3 aliphatic carbocycles. The van der Waals surface area contributed by atoms with Gasteiger partial charge in [-0.05, 0) is 75.0 Å². The minimum Gasteiger partial charge on any atom is -0.310 e. The smallest absolute Gasteiger partial charge is 0.0126 e. The molecule has 0 spiro atoms. The molecule has 1 unspecified atom stereocenters. The normalized spacial score (nSPS) is 26.8. The second kappa shape index (κ2) is 4.91. The van der Waals surface area contributed by atoms with Crippen LogP contribution in [0.4, 0.5) is 0 Å². The molecule has 0 bridgehead atoms. The van der Waals surface area contributed by atoms with Crippen LogP contribution in [-0.2, 0) is 0 Å².